The average Bonchev–Trinajstić information content (AvgIpc) is 3.17. The lowest BCUT2D eigenvalue weighted by Crippen LogP contribution is -2.45. The lowest BCUT2D eigenvalue weighted by Gasteiger charge is -2.38. The molecule has 0 saturated carbocycles. The smallest absolute Gasteiger partial charge is 0.303 e. The first kappa shape index (κ1) is 21.2. The number of likely N-dealkylation sites (tertiary alicyclic amines) is 1. The second-order valence-corrected chi connectivity index (χ2v) is 8.35. The number of piperidine rings is 1. The summed E-state index contributed by atoms with van der Waals surface area (Å²) in [5, 5.41) is 9.96. The number of halogens is 1. The number of carbonyl (C=O) groups is 2. The number of nitrogens with zero attached hydrogens (tertiary/aromatic N) is 2. The van der Waals surface area contributed by atoms with Crippen LogP contribution in [0.4, 0.5) is 0 Å². The summed E-state index contributed by atoms with van der Waals surface area (Å²) in [5.41, 5.74) is 2.20. The lowest BCUT2D eigenvalue weighted by atomic mass is 9.81. The molecule has 2 unspecified atom stereocenters. The number of carbonyl (C=O) groups excluding carboxylic acids is 1. The van der Waals surface area contributed by atoms with Crippen molar-refractivity contribution in [2.24, 2.45) is 11.8 Å². The molecule has 3 aromatic rings. The number of methoxy groups -OCH3 is 1. The molecule has 2 aromatic carbocycles. The first-order valence-corrected chi connectivity index (χ1v) is 10.6. The molecule has 1 aliphatic heterocycles. The van der Waals surface area contributed by atoms with E-state index in [2.05, 4.69) is 9.97 Å². The summed E-state index contributed by atoms with van der Waals surface area (Å²) in [5.74, 6) is 0.515. The highest BCUT2D eigenvalue weighted by molar-refractivity contribution is 6.30. The van der Waals surface area contributed by atoms with E-state index in [0.717, 1.165) is 16.9 Å². The molecule has 0 radical (unpaired) electrons. The van der Waals surface area contributed by atoms with Crippen LogP contribution in [0.25, 0.3) is 11.0 Å². The molecule has 7 nitrogen and oxygen atoms in total. The van der Waals surface area contributed by atoms with Gasteiger partial charge in [0.2, 0.25) is 0 Å². The van der Waals surface area contributed by atoms with Crippen molar-refractivity contribution < 1.29 is 19.4 Å². The number of fused-ring (bicyclic) bond motifs is 1. The predicted octanol–water partition coefficient (Wildman–Crippen LogP) is 4.02. The summed E-state index contributed by atoms with van der Waals surface area (Å²) in [4.78, 5) is 34.2. The molecular weight excluding hydrogens is 418 g/mol. The molecule has 1 amide bonds. The first-order valence-electron chi connectivity index (χ1n) is 10.2. The van der Waals surface area contributed by atoms with E-state index >= 15 is 0 Å². The largest absolute Gasteiger partial charge is 0.494 e. The summed E-state index contributed by atoms with van der Waals surface area (Å²) in [6.45, 7) is 1.01. The van der Waals surface area contributed by atoms with Crippen molar-refractivity contribution in [1.29, 1.82) is 0 Å². The van der Waals surface area contributed by atoms with Crippen LogP contribution in [0.1, 0.15) is 29.0 Å². The number of benzene rings is 2. The van der Waals surface area contributed by atoms with Crippen LogP contribution >= 0.6 is 11.6 Å². The number of carboxylic acids is 1. The first-order chi connectivity index (χ1) is 14.9. The molecule has 162 valence electrons. The molecule has 0 spiro atoms. The highest BCUT2D eigenvalue weighted by Gasteiger charge is 2.34. The number of hydrogen-bond acceptors (Lipinski definition) is 4. The second-order valence-electron chi connectivity index (χ2n) is 7.91. The number of H-pyrrole nitrogens is 1. The molecule has 0 aliphatic carbocycles. The molecule has 1 aliphatic rings. The van der Waals surface area contributed by atoms with Gasteiger partial charge in [0, 0.05) is 36.5 Å². The van der Waals surface area contributed by atoms with Gasteiger partial charge in [0.1, 0.15) is 17.1 Å². The van der Waals surface area contributed by atoms with Gasteiger partial charge < -0.3 is 19.7 Å². The summed E-state index contributed by atoms with van der Waals surface area (Å²) in [7, 11) is 1.60. The number of rotatable bonds is 6. The van der Waals surface area contributed by atoms with Crippen LogP contribution in [0.15, 0.2) is 42.5 Å². The van der Waals surface area contributed by atoms with Gasteiger partial charge in [-0.3, -0.25) is 9.59 Å². The molecule has 8 heteroatoms. The van der Waals surface area contributed by atoms with E-state index in [4.69, 9.17) is 16.3 Å². The van der Waals surface area contributed by atoms with Gasteiger partial charge in [0.05, 0.1) is 12.6 Å². The molecule has 1 saturated heterocycles. The van der Waals surface area contributed by atoms with Crippen molar-refractivity contribution in [1.82, 2.24) is 14.9 Å². The number of imidazole rings is 1. The van der Waals surface area contributed by atoms with Gasteiger partial charge in [-0.25, -0.2) is 4.98 Å². The summed E-state index contributed by atoms with van der Waals surface area (Å²) in [6.07, 6.45) is 1.28. The monoisotopic (exact) mass is 441 g/mol. The summed E-state index contributed by atoms with van der Waals surface area (Å²) < 4.78 is 5.39. The fourth-order valence-corrected chi connectivity index (χ4v) is 4.46. The minimum absolute atomic E-state index is 0.0207. The third kappa shape index (κ3) is 4.66. The average molecular weight is 442 g/mol. The Morgan fingerprint density at radius 2 is 2.00 bits per heavy atom. The number of amides is 1. The van der Waals surface area contributed by atoms with E-state index in [1.165, 1.54) is 0 Å². The molecule has 2 atom stereocenters. The maximum absolute atomic E-state index is 13.0. The minimum atomic E-state index is -0.821. The maximum Gasteiger partial charge on any atom is 0.303 e. The Kier molecular flexibility index (Phi) is 6.13. The van der Waals surface area contributed by atoms with Gasteiger partial charge in [-0.2, -0.15) is 0 Å². The molecule has 4 rings (SSSR count). The Bertz CT molecular complexity index is 1100. The van der Waals surface area contributed by atoms with Crippen molar-refractivity contribution >= 4 is 34.5 Å². The molecule has 1 fully saturated rings. The van der Waals surface area contributed by atoms with Crippen molar-refractivity contribution in [3.63, 3.8) is 0 Å². The zero-order valence-electron chi connectivity index (χ0n) is 17.2. The number of aromatic amines is 1. The van der Waals surface area contributed by atoms with Gasteiger partial charge in [-0.05, 0) is 54.7 Å². The van der Waals surface area contributed by atoms with Crippen molar-refractivity contribution in [3.05, 3.63) is 58.9 Å². The molecular formula is C23H24ClN3O4. The van der Waals surface area contributed by atoms with E-state index in [-0.39, 0.29) is 24.2 Å². The number of ether oxygens (including phenoxy) is 1. The zero-order chi connectivity index (χ0) is 22.0. The molecule has 2 N–H and O–H groups in total. The number of nitrogens with one attached hydrogen (secondary N) is 1. The van der Waals surface area contributed by atoms with E-state index in [1.54, 1.807) is 36.3 Å². The Balaban J connectivity index is 1.56. The van der Waals surface area contributed by atoms with Crippen LogP contribution < -0.4 is 4.74 Å². The molecule has 31 heavy (non-hydrogen) atoms. The number of carboxylic acid groups (broad SMARTS) is 1. The Morgan fingerprint density at radius 3 is 2.71 bits per heavy atom. The Morgan fingerprint density at radius 1 is 1.23 bits per heavy atom. The van der Waals surface area contributed by atoms with Gasteiger partial charge in [-0.15, -0.1) is 0 Å². The van der Waals surface area contributed by atoms with E-state index in [9.17, 15) is 14.7 Å². The van der Waals surface area contributed by atoms with Gasteiger partial charge in [-0.1, -0.05) is 17.7 Å². The normalized spacial score (nSPS) is 18.8. The van der Waals surface area contributed by atoms with Crippen LogP contribution in [0.2, 0.25) is 5.02 Å². The van der Waals surface area contributed by atoms with Crippen LogP contribution in [-0.2, 0) is 11.2 Å². The zero-order valence-corrected chi connectivity index (χ0v) is 17.9. The van der Waals surface area contributed by atoms with Gasteiger partial charge >= 0.3 is 5.97 Å². The topological polar surface area (TPSA) is 95.5 Å². The standard InChI is InChI=1S/C23H24ClN3O4/c1-31-19-4-2-3-18-22(19)26-20(25-18)11-16-13-27(10-9-15(16)12-21(28)29)23(30)14-5-7-17(24)8-6-14/h2-8,15-16H,9-13H2,1H3,(H,25,26)(H,28,29). The SMILES string of the molecule is COc1cccc2[nH]c(CC3CN(C(=O)c4ccc(Cl)cc4)CCC3CC(=O)O)nc12. The number of aromatic nitrogens is 2. The van der Waals surface area contributed by atoms with Crippen LogP contribution in [0.5, 0.6) is 5.75 Å². The van der Waals surface area contributed by atoms with E-state index in [0.29, 0.717) is 42.3 Å². The van der Waals surface area contributed by atoms with Crippen LogP contribution in [0.3, 0.4) is 0 Å². The van der Waals surface area contributed by atoms with Crippen molar-refractivity contribution in [2.45, 2.75) is 19.3 Å². The Hall–Kier alpha value is -3.06. The highest BCUT2D eigenvalue weighted by atomic mass is 35.5. The number of aliphatic carboxylic acids is 1. The molecule has 0 bridgehead atoms. The van der Waals surface area contributed by atoms with Crippen LogP contribution in [0, 0.1) is 11.8 Å². The van der Waals surface area contributed by atoms with E-state index in [1.807, 2.05) is 18.2 Å². The van der Waals surface area contributed by atoms with Crippen molar-refractivity contribution in [2.75, 3.05) is 20.2 Å². The fraction of sp³-hybridized carbons (Fsp3) is 0.348. The lowest BCUT2D eigenvalue weighted by molar-refractivity contribution is -0.139. The van der Waals surface area contributed by atoms with Crippen molar-refractivity contribution in [3.8, 4) is 5.75 Å². The predicted molar refractivity (Wildman–Crippen MR) is 118 cm³/mol. The van der Waals surface area contributed by atoms with Gasteiger partial charge in [0.25, 0.3) is 5.91 Å². The van der Waals surface area contributed by atoms with Gasteiger partial charge in [0.15, 0.2) is 0 Å². The fourth-order valence-electron chi connectivity index (χ4n) is 4.33. The third-order valence-electron chi connectivity index (χ3n) is 5.91. The highest BCUT2D eigenvalue weighted by Crippen LogP contribution is 2.31. The Labute approximate surface area is 185 Å². The second kappa shape index (κ2) is 8.98. The maximum atomic E-state index is 13.0. The number of para-hydroxylation sites is 1. The number of hydrogen-bond donors (Lipinski definition) is 2. The molecule has 1 aromatic heterocycles. The van der Waals surface area contributed by atoms with Crippen LogP contribution in [-0.4, -0.2) is 52.1 Å². The minimum Gasteiger partial charge on any atom is -0.494 e. The summed E-state index contributed by atoms with van der Waals surface area (Å²) >= 11 is 5.94. The quantitative estimate of drug-likeness (QED) is 0.602. The van der Waals surface area contributed by atoms with E-state index < -0.39 is 5.97 Å². The summed E-state index contributed by atoms with van der Waals surface area (Å²) in [6, 6.07) is 12.5. The third-order valence-corrected chi connectivity index (χ3v) is 6.16. The molecule has 2 heterocycles.